The van der Waals surface area contributed by atoms with E-state index in [0.29, 0.717) is 25.2 Å². The molecule has 0 aromatic carbocycles. The number of carbonyl (C=O) groups excluding carboxylic acids is 3. The Morgan fingerprint density at radius 1 is 0.427 bits per heavy atom. The summed E-state index contributed by atoms with van der Waals surface area (Å²) in [6.07, 6.45) is 8.71. The Morgan fingerprint density at radius 2 is 0.792 bits per heavy atom. The largest absolute Gasteiger partial charge is 0.472 e. The number of phosphoric ester groups is 1. The SMILES string of the molecule is CCCCCCCCC/C=C\CCCCCC(=O)OCC1OC(OC2C(O)C(O)C(O)C(OC3OC(CO)C(O)C(O)C3O)C2OP(=O)(O)OCC(COC(=O)CCCCCCCCCCCCC)OC(=O)CCCCCCCCC(C)CCCCCCCC)C(O)C(O)C1O. The molecule has 0 bridgehead atoms. The third-order valence-corrected chi connectivity index (χ3v) is 19.7. The molecule has 96 heavy (non-hydrogen) atoms. The van der Waals surface area contributed by atoms with E-state index in [4.69, 9.17) is 42.2 Å². The topological polar surface area (TPSA) is 374 Å². The average Bonchev–Trinajstić information content (AvgIpc) is 0.763. The molecule has 0 aromatic rings. The molecule has 3 fully saturated rings. The van der Waals surface area contributed by atoms with Gasteiger partial charge >= 0.3 is 25.7 Å². The molecule has 2 aliphatic heterocycles. The van der Waals surface area contributed by atoms with Gasteiger partial charge in [-0.25, -0.2) is 4.57 Å². The van der Waals surface area contributed by atoms with Gasteiger partial charge in [0.25, 0.3) is 0 Å². The lowest BCUT2D eigenvalue weighted by Crippen LogP contribution is -2.69. The second-order valence-corrected chi connectivity index (χ2v) is 28.7. The molecule has 3 aliphatic rings. The smallest absolute Gasteiger partial charge is 0.463 e. The number of unbranched alkanes of at least 4 members (excludes halogenated alkanes) is 30. The minimum absolute atomic E-state index is 0.00914. The first kappa shape index (κ1) is 87.9. The first-order valence-corrected chi connectivity index (χ1v) is 38.9. The van der Waals surface area contributed by atoms with Gasteiger partial charge < -0.3 is 89.1 Å². The highest BCUT2D eigenvalue weighted by atomic mass is 31.2. The van der Waals surface area contributed by atoms with Gasteiger partial charge in [0.1, 0.15) is 98.7 Å². The van der Waals surface area contributed by atoms with Gasteiger partial charge in [-0.2, -0.15) is 0 Å². The van der Waals surface area contributed by atoms with Crippen LogP contribution in [0.5, 0.6) is 0 Å². The molecule has 19 unspecified atom stereocenters. The van der Waals surface area contributed by atoms with Crippen molar-refractivity contribution in [1.29, 1.82) is 0 Å². The Hall–Kier alpha value is -2.30. The Labute approximate surface area is 573 Å². The molecule has 19 atom stereocenters. The highest BCUT2D eigenvalue weighted by Crippen LogP contribution is 2.49. The number of phosphoric acid groups is 1. The number of aliphatic hydroxyl groups is 10. The summed E-state index contributed by atoms with van der Waals surface area (Å²) >= 11 is 0. The van der Waals surface area contributed by atoms with Crippen LogP contribution in [-0.2, 0) is 61.2 Å². The highest BCUT2D eigenvalue weighted by molar-refractivity contribution is 7.47. The van der Waals surface area contributed by atoms with Crippen molar-refractivity contribution >= 4 is 25.7 Å². The number of ether oxygens (including phenoxy) is 7. The van der Waals surface area contributed by atoms with Gasteiger partial charge in [-0.15, -0.1) is 0 Å². The third-order valence-electron chi connectivity index (χ3n) is 18.7. The maximum Gasteiger partial charge on any atom is 0.472 e. The monoisotopic (exact) mass is 1400 g/mol. The average molecular weight is 1400 g/mol. The van der Waals surface area contributed by atoms with Crippen LogP contribution in [0.2, 0.25) is 0 Å². The molecule has 24 nitrogen and oxygen atoms in total. The number of carbonyl (C=O) groups is 3. The van der Waals surface area contributed by atoms with Crippen LogP contribution in [0.4, 0.5) is 0 Å². The van der Waals surface area contributed by atoms with Crippen LogP contribution >= 0.6 is 7.82 Å². The van der Waals surface area contributed by atoms with E-state index >= 15 is 0 Å². The lowest BCUT2D eigenvalue weighted by Gasteiger charge is -2.49. The maximum absolute atomic E-state index is 14.3. The zero-order chi connectivity index (χ0) is 70.5. The fourth-order valence-electron chi connectivity index (χ4n) is 12.5. The standard InChI is InChI=1S/C71H131O24P/c1-5-8-11-14-17-19-21-22-23-25-27-29-35-40-45-56(74)88-50-54-59(77)61(79)66(84)71(92-54)94-68-64(82)62(80)63(81)67(93-70-65(83)60(78)58(76)53(47-72)91-70)69(68)95-96(85,86)89-49-52(48-87-55(73)44-39-34-28-26-24-20-18-15-12-9-6-2)90-57(75)46-41-36-31-30-33-38-43-51(4)42-37-32-16-13-10-7-3/h23,25,51-54,58-72,76-84H,5-22,24,26-50H2,1-4H3,(H,85,86)/b25-23-. The molecule has 3 rings (SSSR count). The first-order chi connectivity index (χ1) is 46.2. The van der Waals surface area contributed by atoms with E-state index in [2.05, 4.69) is 39.8 Å². The van der Waals surface area contributed by atoms with Gasteiger partial charge in [-0.1, -0.05) is 232 Å². The Morgan fingerprint density at radius 3 is 1.24 bits per heavy atom. The number of allylic oxidation sites excluding steroid dienone is 2. The number of hydrogen-bond donors (Lipinski definition) is 11. The zero-order valence-corrected chi connectivity index (χ0v) is 59.7. The lowest BCUT2D eigenvalue weighted by molar-refractivity contribution is -0.360. The number of hydrogen-bond acceptors (Lipinski definition) is 23. The van der Waals surface area contributed by atoms with Crippen LogP contribution in [-0.4, -0.2) is 204 Å². The van der Waals surface area contributed by atoms with E-state index in [1.54, 1.807) is 0 Å². The van der Waals surface area contributed by atoms with Gasteiger partial charge in [0.05, 0.1) is 13.2 Å². The van der Waals surface area contributed by atoms with Crippen LogP contribution in [0, 0.1) is 5.92 Å². The molecular formula is C71H131O24P. The van der Waals surface area contributed by atoms with Crippen molar-refractivity contribution in [2.45, 2.75) is 389 Å². The Bertz CT molecular complexity index is 2060. The molecule has 0 aromatic heterocycles. The van der Waals surface area contributed by atoms with Crippen LogP contribution in [0.1, 0.15) is 285 Å². The van der Waals surface area contributed by atoms with Crippen molar-refractivity contribution in [3.63, 3.8) is 0 Å². The molecule has 25 heteroatoms. The molecule has 2 saturated heterocycles. The van der Waals surface area contributed by atoms with Crippen molar-refractivity contribution in [2.24, 2.45) is 5.92 Å². The predicted molar refractivity (Wildman–Crippen MR) is 361 cm³/mol. The number of aliphatic hydroxyl groups excluding tert-OH is 10. The zero-order valence-electron chi connectivity index (χ0n) is 58.8. The molecule has 0 amide bonds. The van der Waals surface area contributed by atoms with E-state index in [0.717, 1.165) is 96.3 Å². The predicted octanol–water partition coefficient (Wildman–Crippen LogP) is 9.82. The minimum Gasteiger partial charge on any atom is -0.463 e. The highest BCUT2D eigenvalue weighted by Gasteiger charge is 2.58. The summed E-state index contributed by atoms with van der Waals surface area (Å²) in [4.78, 5) is 51.0. The van der Waals surface area contributed by atoms with E-state index in [-0.39, 0.29) is 19.3 Å². The van der Waals surface area contributed by atoms with Crippen molar-refractivity contribution in [1.82, 2.24) is 0 Å². The van der Waals surface area contributed by atoms with Crippen LogP contribution in [0.3, 0.4) is 0 Å². The van der Waals surface area contributed by atoms with E-state index in [1.807, 2.05) is 0 Å². The lowest BCUT2D eigenvalue weighted by atomic mass is 9.84. The van der Waals surface area contributed by atoms with Gasteiger partial charge in [0.2, 0.25) is 0 Å². The van der Waals surface area contributed by atoms with Gasteiger partial charge in [-0.05, 0) is 50.9 Å². The summed E-state index contributed by atoms with van der Waals surface area (Å²) in [6, 6.07) is 0. The summed E-state index contributed by atoms with van der Waals surface area (Å²) < 4.78 is 65.0. The molecule has 0 spiro atoms. The Balaban J connectivity index is 1.75. The second-order valence-electron chi connectivity index (χ2n) is 27.3. The molecule has 1 aliphatic carbocycles. The van der Waals surface area contributed by atoms with Crippen LogP contribution in [0.15, 0.2) is 12.2 Å². The number of rotatable bonds is 57. The maximum atomic E-state index is 14.3. The molecule has 11 N–H and O–H groups in total. The Kier molecular flexibility index (Phi) is 48.2. The van der Waals surface area contributed by atoms with Gasteiger partial charge in [0, 0.05) is 19.3 Å². The summed E-state index contributed by atoms with van der Waals surface area (Å²) in [5, 5.41) is 110. The molecule has 2 heterocycles. The summed E-state index contributed by atoms with van der Waals surface area (Å²) in [6.45, 7) is 5.73. The van der Waals surface area contributed by atoms with Crippen molar-refractivity contribution < 1.29 is 117 Å². The van der Waals surface area contributed by atoms with Gasteiger partial charge in [-0.3, -0.25) is 23.4 Å². The fraction of sp³-hybridized carbons (Fsp3) is 0.930. The van der Waals surface area contributed by atoms with Crippen molar-refractivity contribution in [2.75, 3.05) is 26.4 Å². The molecule has 564 valence electrons. The van der Waals surface area contributed by atoms with Crippen molar-refractivity contribution in [3.05, 3.63) is 12.2 Å². The van der Waals surface area contributed by atoms with Crippen LogP contribution < -0.4 is 0 Å². The van der Waals surface area contributed by atoms with E-state index in [1.165, 1.54) is 122 Å². The van der Waals surface area contributed by atoms with Crippen LogP contribution in [0.25, 0.3) is 0 Å². The molecule has 1 saturated carbocycles. The summed E-state index contributed by atoms with van der Waals surface area (Å²) in [5.74, 6) is -1.32. The van der Waals surface area contributed by atoms with Gasteiger partial charge in [0.15, 0.2) is 18.7 Å². The van der Waals surface area contributed by atoms with E-state index < -0.39 is 156 Å². The van der Waals surface area contributed by atoms with E-state index in [9.17, 15) is 74.9 Å². The number of esters is 3. The molecule has 0 radical (unpaired) electrons. The quantitative estimate of drug-likeness (QED) is 0.00886. The third kappa shape index (κ3) is 36.0. The first-order valence-electron chi connectivity index (χ1n) is 37.4. The summed E-state index contributed by atoms with van der Waals surface area (Å²) in [5.41, 5.74) is 0. The molecular weight excluding hydrogens is 1270 g/mol. The normalized spacial score (nSPS) is 28.3. The van der Waals surface area contributed by atoms with Crippen molar-refractivity contribution in [3.8, 4) is 0 Å². The fourth-order valence-corrected chi connectivity index (χ4v) is 13.4. The minimum atomic E-state index is -5.69. The summed E-state index contributed by atoms with van der Waals surface area (Å²) in [7, 11) is -5.69. The second kappa shape index (κ2) is 52.6.